The molecule has 0 spiro atoms. The number of nitrogens with zero attached hydrogens (tertiary/aromatic N) is 2. The van der Waals surface area contributed by atoms with E-state index in [1.807, 2.05) is 36.7 Å². The first-order valence-electron chi connectivity index (χ1n) is 8.73. The molecule has 144 valence electrons. The molecule has 2 aromatic rings. The molecule has 7 nitrogen and oxygen atoms in total. The normalized spacial score (nSPS) is 19.3. The molecule has 0 radical (unpaired) electrons. The summed E-state index contributed by atoms with van der Waals surface area (Å²) in [4.78, 5) is 31.4. The average molecular weight is 389 g/mol. The zero-order valence-corrected chi connectivity index (χ0v) is 16.2. The number of likely N-dealkylation sites (tertiary alicyclic amines) is 1. The Kier molecular flexibility index (Phi) is 6.20. The molecule has 1 aromatic heterocycles. The van der Waals surface area contributed by atoms with Crippen molar-refractivity contribution in [2.24, 2.45) is 0 Å². The maximum absolute atomic E-state index is 12.5. The Labute approximate surface area is 162 Å². The molecule has 3 rings (SSSR count). The molecule has 1 saturated heterocycles. The highest BCUT2D eigenvalue weighted by Gasteiger charge is 2.38. The van der Waals surface area contributed by atoms with Gasteiger partial charge in [0, 0.05) is 26.6 Å². The van der Waals surface area contributed by atoms with Crippen LogP contribution in [0.3, 0.4) is 0 Å². The van der Waals surface area contributed by atoms with E-state index in [0.717, 1.165) is 21.7 Å². The van der Waals surface area contributed by atoms with Crippen molar-refractivity contribution in [3.05, 3.63) is 41.0 Å². The number of carbonyl (C=O) groups excluding carboxylic acids is 2. The summed E-state index contributed by atoms with van der Waals surface area (Å²) < 4.78 is 4.85. The van der Waals surface area contributed by atoms with Crippen LogP contribution in [0.15, 0.2) is 29.8 Å². The van der Waals surface area contributed by atoms with Gasteiger partial charge in [-0.1, -0.05) is 24.3 Å². The summed E-state index contributed by atoms with van der Waals surface area (Å²) >= 11 is 1.60. The molecule has 2 N–H and O–H groups in total. The Morgan fingerprint density at radius 1 is 1.37 bits per heavy atom. The van der Waals surface area contributed by atoms with E-state index in [1.54, 1.807) is 11.3 Å². The first kappa shape index (κ1) is 19.5. The molecule has 0 aliphatic carbocycles. The van der Waals surface area contributed by atoms with E-state index < -0.39 is 12.1 Å². The van der Waals surface area contributed by atoms with Crippen LogP contribution in [0.1, 0.15) is 17.7 Å². The van der Waals surface area contributed by atoms with Gasteiger partial charge in [-0.2, -0.15) is 0 Å². The van der Waals surface area contributed by atoms with Crippen molar-refractivity contribution in [3.63, 3.8) is 0 Å². The fourth-order valence-corrected chi connectivity index (χ4v) is 4.02. The first-order chi connectivity index (χ1) is 13.0. The van der Waals surface area contributed by atoms with E-state index in [2.05, 4.69) is 10.3 Å². The van der Waals surface area contributed by atoms with Crippen LogP contribution in [0.5, 0.6) is 0 Å². The van der Waals surface area contributed by atoms with E-state index >= 15 is 0 Å². The van der Waals surface area contributed by atoms with Gasteiger partial charge in [-0.3, -0.25) is 9.59 Å². The highest BCUT2D eigenvalue weighted by atomic mass is 32.1. The average Bonchev–Trinajstić information content (AvgIpc) is 3.26. The second kappa shape index (κ2) is 8.60. The van der Waals surface area contributed by atoms with Crippen LogP contribution in [0.25, 0.3) is 10.4 Å². The first-order valence-corrected chi connectivity index (χ1v) is 9.61. The Balaban J connectivity index is 1.60. The van der Waals surface area contributed by atoms with Gasteiger partial charge in [0.2, 0.25) is 11.8 Å². The van der Waals surface area contributed by atoms with Gasteiger partial charge in [0.1, 0.15) is 12.6 Å². The maximum atomic E-state index is 12.5. The van der Waals surface area contributed by atoms with Crippen LogP contribution < -0.4 is 5.32 Å². The van der Waals surface area contributed by atoms with Crippen LogP contribution in [0, 0.1) is 6.92 Å². The number of ether oxygens (including phenoxy) is 1. The van der Waals surface area contributed by atoms with E-state index in [0.29, 0.717) is 6.54 Å². The number of aryl methyl sites for hydroxylation is 1. The lowest BCUT2D eigenvalue weighted by Gasteiger charge is -2.23. The molecule has 2 unspecified atom stereocenters. The molecule has 0 bridgehead atoms. The van der Waals surface area contributed by atoms with Gasteiger partial charge in [0.05, 0.1) is 22.2 Å². The van der Waals surface area contributed by atoms with Gasteiger partial charge in [0.15, 0.2) is 0 Å². The quantitative estimate of drug-likeness (QED) is 0.778. The number of amides is 2. The zero-order chi connectivity index (χ0) is 19.4. The minimum Gasteiger partial charge on any atom is -0.391 e. The molecular formula is C19H23N3O4S. The lowest BCUT2D eigenvalue weighted by molar-refractivity contribution is -0.141. The Morgan fingerprint density at radius 2 is 2.11 bits per heavy atom. The molecule has 8 heteroatoms. The number of β-amino-alcohol motifs (C(OH)–C–C–N with tert-alkyl or cyclic N) is 1. The largest absolute Gasteiger partial charge is 0.391 e. The Hall–Kier alpha value is -2.29. The van der Waals surface area contributed by atoms with Crippen molar-refractivity contribution in [3.8, 4) is 10.4 Å². The van der Waals surface area contributed by atoms with Crippen molar-refractivity contribution >= 4 is 23.2 Å². The highest BCUT2D eigenvalue weighted by Crippen LogP contribution is 2.27. The van der Waals surface area contributed by atoms with Crippen LogP contribution in [0.4, 0.5) is 0 Å². The molecule has 2 atom stereocenters. The summed E-state index contributed by atoms with van der Waals surface area (Å²) in [6.45, 7) is 2.39. The van der Waals surface area contributed by atoms with Crippen LogP contribution in [-0.2, 0) is 20.9 Å². The number of benzene rings is 1. The van der Waals surface area contributed by atoms with Crippen molar-refractivity contribution in [2.45, 2.75) is 32.0 Å². The molecule has 2 amide bonds. The number of hydrogen-bond acceptors (Lipinski definition) is 6. The van der Waals surface area contributed by atoms with Gasteiger partial charge in [0.25, 0.3) is 0 Å². The zero-order valence-electron chi connectivity index (χ0n) is 15.3. The Morgan fingerprint density at radius 3 is 2.74 bits per heavy atom. The Bertz CT molecular complexity index is 806. The third-order valence-electron chi connectivity index (χ3n) is 4.60. The lowest BCUT2D eigenvalue weighted by Crippen LogP contribution is -2.46. The molecule has 27 heavy (non-hydrogen) atoms. The topological polar surface area (TPSA) is 91.8 Å². The number of aliphatic hydroxyl groups excluding tert-OH is 1. The number of rotatable bonds is 6. The minimum absolute atomic E-state index is 0.102. The number of methoxy groups -OCH3 is 1. The number of aliphatic hydroxyl groups is 1. The number of nitrogens with one attached hydrogen (secondary N) is 1. The fourth-order valence-electron chi connectivity index (χ4n) is 3.20. The summed E-state index contributed by atoms with van der Waals surface area (Å²) in [6.07, 6.45) is -0.450. The van der Waals surface area contributed by atoms with Gasteiger partial charge < -0.3 is 20.1 Å². The maximum Gasteiger partial charge on any atom is 0.249 e. The molecule has 2 heterocycles. The summed E-state index contributed by atoms with van der Waals surface area (Å²) in [7, 11) is 1.43. The van der Waals surface area contributed by atoms with Crippen molar-refractivity contribution in [2.75, 3.05) is 20.3 Å². The molecule has 1 aromatic carbocycles. The standard InChI is InChI=1S/C19H23N3O4S/c1-12-18(27-11-21-12)14-5-3-13(4-6-14)8-20-19(25)16-7-15(23)9-22(16)17(24)10-26-2/h3-6,11,15-16,23H,7-10H2,1-2H3,(H,20,25). The minimum atomic E-state index is -0.691. The van der Waals surface area contributed by atoms with Crippen molar-refractivity contribution in [1.82, 2.24) is 15.2 Å². The molecular weight excluding hydrogens is 366 g/mol. The molecule has 0 saturated carbocycles. The van der Waals surface area contributed by atoms with Gasteiger partial charge in [-0.15, -0.1) is 11.3 Å². The monoisotopic (exact) mass is 389 g/mol. The van der Waals surface area contributed by atoms with E-state index in [1.165, 1.54) is 12.0 Å². The predicted octanol–water partition coefficient (Wildman–Crippen LogP) is 1.34. The number of carbonyl (C=O) groups is 2. The van der Waals surface area contributed by atoms with E-state index in [-0.39, 0.29) is 31.4 Å². The second-order valence-electron chi connectivity index (χ2n) is 6.57. The van der Waals surface area contributed by atoms with E-state index in [4.69, 9.17) is 4.74 Å². The molecule has 1 aliphatic rings. The number of hydrogen-bond donors (Lipinski definition) is 2. The van der Waals surface area contributed by atoms with Gasteiger partial charge in [-0.05, 0) is 18.1 Å². The fraction of sp³-hybridized carbons (Fsp3) is 0.421. The van der Waals surface area contributed by atoms with Crippen molar-refractivity contribution in [1.29, 1.82) is 0 Å². The highest BCUT2D eigenvalue weighted by molar-refractivity contribution is 7.13. The smallest absolute Gasteiger partial charge is 0.249 e. The summed E-state index contributed by atoms with van der Waals surface area (Å²) in [6, 6.07) is 7.28. The number of aromatic nitrogens is 1. The summed E-state index contributed by atoms with van der Waals surface area (Å²) in [5, 5.41) is 12.7. The molecule has 1 aliphatic heterocycles. The second-order valence-corrected chi connectivity index (χ2v) is 7.42. The molecule has 1 fully saturated rings. The van der Waals surface area contributed by atoms with Crippen LogP contribution >= 0.6 is 11.3 Å². The summed E-state index contributed by atoms with van der Waals surface area (Å²) in [5.74, 6) is -0.558. The van der Waals surface area contributed by atoms with Gasteiger partial charge in [-0.25, -0.2) is 4.98 Å². The third-order valence-corrected chi connectivity index (χ3v) is 5.58. The predicted molar refractivity (Wildman–Crippen MR) is 102 cm³/mol. The third kappa shape index (κ3) is 4.52. The van der Waals surface area contributed by atoms with Crippen LogP contribution in [0.2, 0.25) is 0 Å². The van der Waals surface area contributed by atoms with Crippen LogP contribution in [-0.4, -0.2) is 59.2 Å². The van der Waals surface area contributed by atoms with Crippen molar-refractivity contribution < 1.29 is 19.4 Å². The number of thiazole rings is 1. The summed E-state index contributed by atoms with van der Waals surface area (Å²) in [5.41, 5.74) is 4.88. The SMILES string of the molecule is COCC(=O)N1CC(O)CC1C(=O)NCc1ccc(-c2scnc2C)cc1. The lowest BCUT2D eigenvalue weighted by atomic mass is 10.1. The van der Waals surface area contributed by atoms with E-state index in [9.17, 15) is 14.7 Å². The van der Waals surface area contributed by atoms with Gasteiger partial charge >= 0.3 is 0 Å².